The standard InChI is InChI=1S/C16H21N5/c17-16-8-4-5-13(16)9-20(11-16)10-15-18-12-21(19-15)14-6-2-1-3-7-14/h1-3,6-7,12-13H,4-5,8-11,17H2. The minimum atomic E-state index is 0.0436. The molecule has 2 aromatic rings. The SMILES string of the molecule is NC12CCCC1CN(Cc1ncn(-c3ccccc3)n1)C2. The van der Waals surface area contributed by atoms with E-state index in [0.29, 0.717) is 5.92 Å². The molecule has 0 spiro atoms. The van der Waals surface area contributed by atoms with Crippen LogP contribution in [0.4, 0.5) is 0 Å². The van der Waals surface area contributed by atoms with Gasteiger partial charge in [0.1, 0.15) is 6.33 Å². The number of nitrogens with zero attached hydrogens (tertiary/aromatic N) is 4. The lowest BCUT2D eigenvalue weighted by molar-refractivity contribution is 0.288. The second-order valence-electron chi connectivity index (χ2n) is 6.43. The Balaban J connectivity index is 1.46. The van der Waals surface area contributed by atoms with E-state index in [1.165, 1.54) is 19.3 Å². The number of benzene rings is 1. The summed E-state index contributed by atoms with van der Waals surface area (Å²) in [6, 6.07) is 10.1. The maximum Gasteiger partial charge on any atom is 0.164 e. The van der Waals surface area contributed by atoms with Crippen molar-refractivity contribution in [3.63, 3.8) is 0 Å². The fraction of sp³-hybridized carbons (Fsp3) is 0.500. The summed E-state index contributed by atoms with van der Waals surface area (Å²) in [6.07, 6.45) is 5.52. The van der Waals surface area contributed by atoms with Crippen LogP contribution in [0.25, 0.3) is 5.69 Å². The summed E-state index contributed by atoms with van der Waals surface area (Å²) < 4.78 is 1.84. The highest BCUT2D eigenvalue weighted by molar-refractivity contribution is 5.29. The molecule has 0 bridgehead atoms. The smallest absolute Gasteiger partial charge is 0.164 e. The van der Waals surface area contributed by atoms with Crippen molar-refractivity contribution in [1.82, 2.24) is 19.7 Å². The van der Waals surface area contributed by atoms with Crippen LogP contribution in [0.3, 0.4) is 0 Å². The predicted octanol–water partition coefficient (Wildman–Crippen LogP) is 1.58. The molecular formula is C16H21N5. The van der Waals surface area contributed by atoms with Gasteiger partial charge in [0.2, 0.25) is 0 Å². The van der Waals surface area contributed by atoms with Crippen molar-refractivity contribution in [2.24, 2.45) is 11.7 Å². The molecule has 21 heavy (non-hydrogen) atoms. The third-order valence-corrected chi connectivity index (χ3v) is 4.93. The van der Waals surface area contributed by atoms with Crippen LogP contribution >= 0.6 is 0 Å². The second kappa shape index (κ2) is 4.93. The topological polar surface area (TPSA) is 60.0 Å². The minimum absolute atomic E-state index is 0.0436. The second-order valence-corrected chi connectivity index (χ2v) is 6.43. The summed E-state index contributed by atoms with van der Waals surface area (Å²) in [5.74, 6) is 1.54. The summed E-state index contributed by atoms with van der Waals surface area (Å²) in [6.45, 7) is 2.88. The Hall–Kier alpha value is -1.72. The van der Waals surface area contributed by atoms with Gasteiger partial charge >= 0.3 is 0 Å². The monoisotopic (exact) mass is 283 g/mol. The van der Waals surface area contributed by atoms with Crippen LogP contribution in [0.15, 0.2) is 36.7 Å². The maximum absolute atomic E-state index is 6.52. The lowest BCUT2D eigenvalue weighted by Gasteiger charge is -2.22. The molecule has 5 heteroatoms. The Bertz CT molecular complexity index is 623. The number of fused-ring (bicyclic) bond motifs is 1. The molecule has 1 aliphatic carbocycles. The molecule has 2 N–H and O–H groups in total. The number of aromatic nitrogens is 3. The van der Waals surface area contributed by atoms with E-state index in [0.717, 1.165) is 31.1 Å². The maximum atomic E-state index is 6.52. The molecular weight excluding hydrogens is 262 g/mol. The van der Waals surface area contributed by atoms with Gasteiger partial charge in [0.15, 0.2) is 5.82 Å². The lowest BCUT2D eigenvalue weighted by atomic mass is 9.92. The first-order valence-corrected chi connectivity index (χ1v) is 7.70. The van der Waals surface area contributed by atoms with E-state index in [4.69, 9.17) is 5.73 Å². The van der Waals surface area contributed by atoms with Crippen LogP contribution in [-0.2, 0) is 6.54 Å². The van der Waals surface area contributed by atoms with Gasteiger partial charge < -0.3 is 5.73 Å². The number of likely N-dealkylation sites (tertiary alicyclic amines) is 1. The van der Waals surface area contributed by atoms with Crippen LogP contribution < -0.4 is 5.73 Å². The summed E-state index contributed by atoms with van der Waals surface area (Å²) >= 11 is 0. The van der Waals surface area contributed by atoms with Gasteiger partial charge in [-0.2, -0.15) is 0 Å². The molecule has 2 atom stereocenters. The Labute approximate surface area is 124 Å². The molecule has 1 aromatic carbocycles. The van der Waals surface area contributed by atoms with Gasteiger partial charge in [-0.1, -0.05) is 24.6 Å². The molecule has 0 radical (unpaired) electrons. The van der Waals surface area contributed by atoms with Crippen LogP contribution in [0.1, 0.15) is 25.1 Å². The van der Waals surface area contributed by atoms with Crippen molar-refractivity contribution in [3.8, 4) is 5.69 Å². The van der Waals surface area contributed by atoms with Crippen LogP contribution in [0.5, 0.6) is 0 Å². The third kappa shape index (κ3) is 2.36. The summed E-state index contributed by atoms with van der Waals surface area (Å²) in [4.78, 5) is 6.85. The first-order valence-electron chi connectivity index (χ1n) is 7.70. The van der Waals surface area contributed by atoms with Gasteiger partial charge in [0, 0.05) is 18.6 Å². The third-order valence-electron chi connectivity index (χ3n) is 4.93. The summed E-state index contributed by atoms with van der Waals surface area (Å²) in [7, 11) is 0. The molecule has 1 aliphatic heterocycles. The first-order chi connectivity index (χ1) is 10.2. The molecule has 1 saturated carbocycles. The molecule has 2 unspecified atom stereocenters. The highest BCUT2D eigenvalue weighted by atomic mass is 15.3. The predicted molar refractivity (Wildman–Crippen MR) is 80.9 cm³/mol. The van der Waals surface area contributed by atoms with E-state index in [-0.39, 0.29) is 5.54 Å². The van der Waals surface area contributed by atoms with Crippen molar-refractivity contribution in [1.29, 1.82) is 0 Å². The highest BCUT2D eigenvalue weighted by Crippen LogP contribution is 2.39. The van der Waals surface area contributed by atoms with E-state index >= 15 is 0 Å². The zero-order chi connectivity index (χ0) is 14.3. The molecule has 2 aliphatic rings. The molecule has 0 amide bonds. The largest absolute Gasteiger partial charge is 0.324 e. The van der Waals surface area contributed by atoms with Crippen molar-refractivity contribution < 1.29 is 0 Å². The Morgan fingerprint density at radius 1 is 1.29 bits per heavy atom. The fourth-order valence-corrected chi connectivity index (χ4v) is 3.84. The number of nitrogens with two attached hydrogens (primary N) is 1. The zero-order valence-corrected chi connectivity index (χ0v) is 12.2. The normalized spacial score (nSPS) is 28.9. The summed E-state index contributed by atoms with van der Waals surface area (Å²) in [5, 5.41) is 4.58. The molecule has 110 valence electrons. The fourth-order valence-electron chi connectivity index (χ4n) is 3.84. The molecule has 5 nitrogen and oxygen atoms in total. The van der Waals surface area contributed by atoms with E-state index in [9.17, 15) is 0 Å². The van der Waals surface area contributed by atoms with Gasteiger partial charge in [0.05, 0.1) is 12.2 Å². The lowest BCUT2D eigenvalue weighted by Crippen LogP contribution is -2.44. The van der Waals surface area contributed by atoms with Crippen LogP contribution in [-0.4, -0.2) is 38.3 Å². The number of rotatable bonds is 3. The first kappa shape index (κ1) is 13.0. The molecule has 2 heterocycles. The van der Waals surface area contributed by atoms with Gasteiger partial charge in [-0.15, -0.1) is 5.10 Å². The molecule has 1 aromatic heterocycles. The molecule has 4 rings (SSSR count). The van der Waals surface area contributed by atoms with Gasteiger partial charge in [-0.3, -0.25) is 4.90 Å². The van der Waals surface area contributed by atoms with Crippen molar-refractivity contribution in [2.75, 3.05) is 13.1 Å². The van der Waals surface area contributed by atoms with E-state index < -0.39 is 0 Å². The average molecular weight is 283 g/mol. The molecule has 2 fully saturated rings. The van der Waals surface area contributed by atoms with Crippen molar-refractivity contribution in [3.05, 3.63) is 42.5 Å². The van der Waals surface area contributed by atoms with Gasteiger partial charge in [0.25, 0.3) is 0 Å². The average Bonchev–Trinajstić information content (AvgIpc) is 3.14. The Morgan fingerprint density at radius 2 is 2.14 bits per heavy atom. The summed E-state index contributed by atoms with van der Waals surface area (Å²) in [5.41, 5.74) is 7.61. The Kier molecular flexibility index (Phi) is 3.05. The molecule has 1 saturated heterocycles. The van der Waals surface area contributed by atoms with Crippen LogP contribution in [0, 0.1) is 5.92 Å². The van der Waals surface area contributed by atoms with Crippen LogP contribution in [0.2, 0.25) is 0 Å². The van der Waals surface area contributed by atoms with Crippen molar-refractivity contribution >= 4 is 0 Å². The minimum Gasteiger partial charge on any atom is -0.324 e. The van der Waals surface area contributed by atoms with Gasteiger partial charge in [-0.05, 0) is 30.9 Å². The number of hydrogen-bond donors (Lipinski definition) is 1. The van der Waals surface area contributed by atoms with E-state index in [2.05, 4.69) is 15.0 Å². The number of para-hydroxylation sites is 1. The quantitative estimate of drug-likeness (QED) is 0.929. The van der Waals surface area contributed by atoms with Gasteiger partial charge in [-0.25, -0.2) is 9.67 Å². The number of hydrogen-bond acceptors (Lipinski definition) is 4. The zero-order valence-electron chi connectivity index (χ0n) is 12.2. The van der Waals surface area contributed by atoms with E-state index in [1.54, 1.807) is 6.33 Å². The Morgan fingerprint density at radius 3 is 2.95 bits per heavy atom. The van der Waals surface area contributed by atoms with Crippen molar-refractivity contribution in [2.45, 2.75) is 31.3 Å². The highest BCUT2D eigenvalue weighted by Gasteiger charge is 2.46. The van der Waals surface area contributed by atoms with E-state index in [1.807, 2.05) is 35.0 Å².